The van der Waals surface area contributed by atoms with Crippen molar-refractivity contribution in [2.75, 3.05) is 18.2 Å². The summed E-state index contributed by atoms with van der Waals surface area (Å²) in [7, 11) is 1.37. The zero-order valence-corrected chi connectivity index (χ0v) is 13.7. The van der Waals surface area contributed by atoms with Gasteiger partial charge in [-0.05, 0) is 37.5 Å². The van der Waals surface area contributed by atoms with E-state index in [0.717, 1.165) is 30.5 Å². The molecule has 4 heteroatoms. The van der Waals surface area contributed by atoms with E-state index in [9.17, 15) is 4.79 Å². The van der Waals surface area contributed by atoms with E-state index in [1.165, 1.54) is 20.0 Å². The number of unbranched alkanes of at least 4 members (excludes halogenated alkanes) is 1. The van der Waals surface area contributed by atoms with Gasteiger partial charge in [-0.25, -0.2) is 4.79 Å². The van der Waals surface area contributed by atoms with Crippen LogP contribution in [-0.2, 0) is 4.74 Å². The summed E-state index contributed by atoms with van der Waals surface area (Å²) in [5.41, 5.74) is 8.73. The van der Waals surface area contributed by atoms with Gasteiger partial charge in [-0.3, -0.25) is 0 Å². The molecule has 118 valence electrons. The average molecular weight is 292 g/mol. The van der Waals surface area contributed by atoms with E-state index >= 15 is 0 Å². The summed E-state index contributed by atoms with van der Waals surface area (Å²) in [4.78, 5) is 11.8. The third kappa shape index (κ3) is 4.96. The van der Waals surface area contributed by atoms with Crippen LogP contribution in [0.15, 0.2) is 12.1 Å². The summed E-state index contributed by atoms with van der Waals surface area (Å²) >= 11 is 0. The molecule has 21 heavy (non-hydrogen) atoms. The van der Waals surface area contributed by atoms with Gasteiger partial charge in [0.2, 0.25) is 0 Å². The Morgan fingerprint density at radius 2 is 2.00 bits per heavy atom. The topological polar surface area (TPSA) is 64.3 Å². The van der Waals surface area contributed by atoms with Gasteiger partial charge in [-0.15, -0.1) is 0 Å². The number of ether oxygens (including phenoxy) is 1. The fraction of sp³-hybridized carbons (Fsp3) is 0.588. The number of nitrogens with one attached hydrogen (secondary N) is 1. The molecule has 0 saturated heterocycles. The van der Waals surface area contributed by atoms with Crippen LogP contribution in [0.25, 0.3) is 0 Å². The van der Waals surface area contributed by atoms with Crippen LogP contribution in [0.3, 0.4) is 0 Å². The van der Waals surface area contributed by atoms with Gasteiger partial charge in [0.1, 0.15) is 0 Å². The number of methoxy groups -OCH3 is 1. The lowest BCUT2D eigenvalue weighted by atomic mass is 10.0. The number of carbonyl (C=O) groups excluding carboxylic acids is 1. The van der Waals surface area contributed by atoms with E-state index < -0.39 is 0 Å². The summed E-state index contributed by atoms with van der Waals surface area (Å²) in [6.45, 7) is 6.30. The molecule has 1 unspecified atom stereocenters. The Morgan fingerprint density at radius 3 is 2.57 bits per heavy atom. The largest absolute Gasteiger partial charge is 0.465 e. The number of hydrogen-bond acceptors (Lipinski definition) is 4. The van der Waals surface area contributed by atoms with Crippen molar-refractivity contribution in [2.24, 2.45) is 0 Å². The van der Waals surface area contributed by atoms with Crippen molar-refractivity contribution in [3.8, 4) is 0 Å². The number of esters is 1. The number of rotatable bonds is 8. The number of hydrogen-bond donors (Lipinski definition) is 2. The van der Waals surface area contributed by atoms with Gasteiger partial charge in [0.15, 0.2) is 0 Å². The predicted molar refractivity (Wildman–Crippen MR) is 88.8 cm³/mol. The number of nitrogen functional groups attached to an aromatic ring is 1. The van der Waals surface area contributed by atoms with Gasteiger partial charge in [-0.2, -0.15) is 0 Å². The normalized spacial score (nSPS) is 12.0. The van der Waals surface area contributed by atoms with E-state index in [0.29, 0.717) is 17.3 Å². The van der Waals surface area contributed by atoms with Gasteiger partial charge in [0, 0.05) is 17.4 Å². The number of carbonyl (C=O) groups is 1. The molecule has 0 bridgehead atoms. The third-order valence-corrected chi connectivity index (χ3v) is 3.71. The first-order chi connectivity index (χ1) is 10.0. The molecule has 0 aliphatic heterocycles. The van der Waals surface area contributed by atoms with Crippen molar-refractivity contribution in [2.45, 2.75) is 58.9 Å². The molecule has 0 heterocycles. The second kappa shape index (κ2) is 8.55. The summed E-state index contributed by atoms with van der Waals surface area (Å²) in [5.74, 6) is -0.389. The van der Waals surface area contributed by atoms with Crippen molar-refractivity contribution in [1.29, 1.82) is 0 Å². The lowest BCUT2D eigenvalue weighted by molar-refractivity contribution is 0.0602. The maximum atomic E-state index is 11.8. The van der Waals surface area contributed by atoms with Crippen LogP contribution < -0.4 is 11.1 Å². The Balaban J connectivity index is 2.95. The maximum Gasteiger partial charge on any atom is 0.340 e. The molecule has 0 fully saturated rings. The molecule has 3 N–H and O–H groups in total. The quantitative estimate of drug-likeness (QED) is 0.558. The Labute approximate surface area is 128 Å². The van der Waals surface area contributed by atoms with E-state index in [-0.39, 0.29) is 5.97 Å². The zero-order valence-electron chi connectivity index (χ0n) is 13.7. The molecule has 1 aromatic carbocycles. The van der Waals surface area contributed by atoms with Crippen LogP contribution in [0, 0.1) is 6.92 Å². The molecule has 0 amide bonds. The van der Waals surface area contributed by atoms with Crippen molar-refractivity contribution < 1.29 is 9.53 Å². The van der Waals surface area contributed by atoms with Crippen LogP contribution in [0.4, 0.5) is 11.4 Å². The van der Waals surface area contributed by atoms with Crippen LogP contribution in [0.5, 0.6) is 0 Å². The number of benzene rings is 1. The molecule has 0 aliphatic carbocycles. The van der Waals surface area contributed by atoms with Crippen molar-refractivity contribution >= 4 is 17.3 Å². The fourth-order valence-corrected chi connectivity index (χ4v) is 2.48. The maximum absolute atomic E-state index is 11.8. The second-order valence-corrected chi connectivity index (χ2v) is 5.52. The third-order valence-electron chi connectivity index (χ3n) is 3.71. The Morgan fingerprint density at radius 1 is 1.29 bits per heavy atom. The van der Waals surface area contributed by atoms with E-state index in [1.54, 1.807) is 6.07 Å². The van der Waals surface area contributed by atoms with Crippen LogP contribution >= 0.6 is 0 Å². The molecule has 0 aromatic heterocycles. The van der Waals surface area contributed by atoms with E-state index in [2.05, 4.69) is 19.2 Å². The second-order valence-electron chi connectivity index (χ2n) is 5.52. The first kappa shape index (κ1) is 17.3. The van der Waals surface area contributed by atoms with Gasteiger partial charge >= 0.3 is 5.97 Å². The highest BCUT2D eigenvalue weighted by atomic mass is 16.5. The minimum absolute atomic E-state index is 0.389. The highest BCUT2D eigenvalue weighted by Gasteiger charge is 2.15. The lowest BCUT2D eigenvalue weighted by Crippen LogP contribution is -2.20. The van der Waals surface area contributed by atoms with E-state index in [1.807, 2.05) is 13.0 Å². The molecule has 0 radical (unpaired) electrons. The first-order valence-corrected chi connectivity index (χ1v) is 7.78. The van der Waals surface area contributed by atoms with Crippen LogP contribution in [-0.4, -0.2) is 19.1 Å². The number of nitrogens with two attached hydrogens (primary N) is 1. The first-order valence-electron chi connectivity index (χ1n) is 7.78. The minimum atomic E-state index is -0.389. The molecule has 1 aromatic rings. The highest BCUT2D eigenvalue weighted by molar-refractivity contribution is 5.97. The van der Waals surface area contributed by atoms with Crippen LogP contribution in [0.2, 0.25) is 0 Å². The molecule has 0 aliphatic rings. The van der Waals surface area contributed by atoms with E-state index in [4.69, 9.17) is 10.5 Å². The number of anilines is 2. The van der Waals surface area contributed by atoms with Gasteiger partial charge < -0.3 is 15.8 Å². The SMILES string of the molecule is CCCCC(CCC)Nc1cc(C)c(N)c(C(=O)OC)c1. The average Bonchev–Trinajstić information content (AvgIpc) is 2.47. The summed E-state index contributed by atoms with van der Waals surface area (Å²) < 4.78 is 4.80. The van der Waals surface area contributed by atoms with Gasteiger partial charge in [0.25, 0.3) is 0 Å². The zero-order chi connectivity index (χ0) is 15.8. The van der Waals surface area contributed by atoms with Crippen molar-refractivity contribution in [3.05, 3.63) is 23.3 Å². The Kier molecular flexibility index (Phi) is 7.06. The molecular formula is C17H28N2O2. The molecule has 0 saturated carbocycles. The summed E-state index contributed by atoms with van der Waals surface area (Å²) in [6, 6.07) is 4.22. The van der Waals surface area contributed by atoms with Crippen LogP contribution in [0.1, 0.15) is 61.9 Å². The molecule has 1 rings (SSSR count). The summed E-state index contributed by atoms with van der Waals surface area (Å²) in [6.07, 6.45) is 5.79. The molecule has 1 atom stereocenters. The Bertz CT molecular complexity index is 472. The molecular weight excluding hydrogens is 264 g/mol. The minimum Gasteiger partial charge on any atom is -0.465 e. The molecule has 0 spiro atoms. The lowest BCUT2D eigenvalue weighted by Gasteiger charge is -2.20. The number of aryl methyl sites for hydroxylation is 1. The highest BCUT2D eigenvalue weighted by Crippen LogP contribution is 2.25. The predicted octanol–water partition coefficient (Wildman–Crippen LogP) is 4.13. The smallest absolute Gasteiger partial charge is 0.340 e. The monoisotopic (exact) mass is 292 g/mol. The summed E-state index contributed by atoms with van der Waals surface area (Å²) in [5, 5.41) is 3.54. The van der Waals surface area contributed by atoms with Crippen molar-refractivity contribution in [3.63, 3.8) is 0 Å². The Hall–Kier alpha value is -1.71. The molecule has 4 nitrogen and oxygen atoms in total. The fourth-order valence-electron chi connectivity index (χ4n) is 2.48. The van der Waals surface area contributed by atoms with Crippen molar-refractivity contribution in [1.82, 2.24) is 0 Å². The van der Waals surface area contributed by atoms with Gasteiger partial charge in [0.05, 0.1) is 12.7 Å². The van der Waals surface area contributed by atoms with Gasteiger partial charge in [-0.1, -0.05) is 33.1 Å². The standard InChI is InChI=1S/C17H28N2O2/c1-5-7-9-13(8-6-2)19-14-10-12(3)16(18)15(11-14)17(20)21-4/h10-11,13,19H,5-9,18H2,1-4H3.